The van der Waals surface area contributed by atoms with Gasteiger partial charge in [0.25, 0.3) is 0 Å². The van der Waals surface area contributed by atoms with Crippen LogP contribution in [0, 0.1) is 11.8 Å². The lowest BCUT2D eigenvalue weighted by Gasteiger charge is -2.42. The highest BCUT2D eigenvalue weighted by Gasteiger charge is 2.44. The number of likely N-dealkylation sites (tertiary alicyclic amines) is 1. The first-order valence-electron chi connectivity index (χ1n) is 17.3. The molecule has 1 N–H and O–H groups in total. The maximum atomic E-state index is 14.3. The molecule has 49 heavy (non-hydrogen) atoms. The summed E-state index contributed by atoms with van der Waals surface area (Å²) in [5, 5.41) is 3.30. The fourth-order valence-electron chi connectivity index (χ4n) is 7.00. The van der Waals surface area contributed by atoms with E-state index in [1.165, 1.54) is 4.90 Å². The smallest absolute Gasteiger partial charge is 0.410 e. The highest BCUT2D eigenvalue weighted by molar-refractivity contribution is 5.84. The number of hydrogen-bond acceptors (Lipinski definition) is 7. The third-order valence-electron chi connectivity index (χ3n) is 9.39. The number of piperidine rings is 1. The van der Waals surface area contributed by atoms with Crippen molar-refractivity contribution in [3.8, 4) is 11.5 Å². The van der Waals surface area contributed by atoms with Gasteiger partial charge >= 0.3 is 6.09 Å². The largest absolute Gasteiger partial charge is 0.457 e. The quantitative estimate of drug-likeness (QED) is 0.224. The number of benzene rings is 2. The lowest BCUT2D eigenvalue weighted by molar-refractivity contribution is -0.140. The number of carbonyl (C=O) groups is 3. The fourth-order valence-corrected chi connectivity index (χ4v) is 7.00. The van der Waals surface area contributed by atoms with Crippen molar-refractivity contribution >= 4 is 17.9 Å². The summed E-state index contributed by atoms with van der Waals surface area (Å²) in [6, 6.07) is 21.6. The minimum atomic E-state index is -0.723. The second-order valence-electron chi connectivity index (χ2n) is 14.0. The van der Waals surface area contributed by atoms with Crippen LogP contribution in [0.25, 0.3) is 0 Å². The minimum Gasteiger partial charge on any atom is -0.457 e. The van der Waals surface area contributed by atoms with Crippen LogP contribution in [0.3, 0.4) is 0 Å². The first-order chi connectivity index (χ1) is 23.5. The van der Waals surface area contributed by atoms with Crippen LogP contribution in [0.2, 0.25) is 0 Å². The van der Waals surface area contributed by atoms with Gasteiger partial charge in [-0.05, 0) is 77.6 Å². The Labute approximate surface area is 290 Å². The molecule has 3 amide bonds. The van der Waals surface area contributed by atoms with Gasteiger partial charge in [0, 0.05) is 62.6 Å². The van der Waals surface area contributed by atoms with E-state index in [1.807, 2.05) is 82.3 Å². The van der Waals surface area contributed by atoms with Crippen molar-refractivity contribution in [2.45, 2.75) is 70.9 Å². The summed E-state index contributed by atoms with van der Waals surface area (Å²) in [6.45, 7) is 9.49. The molecule has 262 valence electrons. The van der Waals surface area contributed by atoms with Gasteiger partial charge in [-0.15, -0.1) is 0 Å². The molecule has 10 nitrogen and oxygen atoms in total. The van der Waals surface area contributed by atoms with Gasteiger partial charge < -0.3 is 29.3 Å². The number of nitrogens with one attached hydrogen (secondary N) is 1. The summed E-state index contributed by atoms with van der Waals surface area (Å²) in [6.07, 6.45) is 4.02. The second kappa shape index (κ2) is 15.8. The van der Waals surface area contributed by atoms with Crippen LogP contribution in [0.5, 0.6) is 11.5 Å². The molecule has 1 aromatic heterocycles. The van der Waals surface area contributed by atoms with Crippen molar-refractivity contribution in [3.05, 3.63) is 89.7 Å². The average Bonchev–Trinajstić information content (AvgIpc) is 3.10. The van der Waals surface area contributed by atoms with Gasteiger partial charge in [-0.2, -0.15) is 0 Å². The van der Waals surface area contributed by atoms with Gasteiger partial charge in [0.2, 0.25) is 11.8 Å². The number of hydrogen-bond donors (Lipinski definition) is 1. The second-order valence-corrected chi connectivity index (χ2v) is 14.0. The number of amides is 3. The van der Waals surface area contributed by atoms with E-state index in [-0.39, 0.29) is 24.9 Å². The Kier molecular flexibility index (Phi) is 11.6. The van der Waals surface area contributed by atoms with Crippen molar-refractivity contribution < 1.29 is 28.6 Å². The summed E-state index contributed by atoms with van der Waals surface area (Å²) >= 11 is 0. The van der Waals surface area contributed by atoms with E-state index < -0.39 is 28.9 Å². The predicted octanol–water partition coefficient (Wildman–Crippen LogP) is 6.33. The highest BCUT2D eigenvalue weighted by atomic mass is 16.6. The number of aromatic nitrogens is 1. The fraction of sp³-hybridized carbons (Fsp3) is 0.487. The molecular weight excluding hydrogens is 620 g/mol. The van der Waals surface area contributed by atoms with Crippen LogP contribution in [0.15, 0.2) is 72.9 Å². The van der Waals surface area contributed by atoms with Gasteiger partial charge in [-0.1, -0.05) is 42.5 Å². The minimum absolute atomic E-state index is 0.110. The van der Waals surface area contributed by atoms with Crippen molar-refractivity contribution in [3.63, 3.8) is 0 Å². The van der Waals surface area contributed by atoms with E-state index in [2.05, 4.69) is 22.4 Å². The molecule has 2 aliphatic rings. The number of pyridine rings is 1. The molecule has 0 radical (unpaired) electrons. The normalized spacial score (nSPS) is 18.0. The molecule has 3 heterocycles. The van der Waals surface area contributed by atoms with Gasteiger partial charge in [0.1, 0.15) is 17.1 Å². The Balaban J connectivity index is 1.41. The van der Waals surface area contributed by atoms with Crippen LogP contribution in [-0.4, -0.2) is 78.2 Å². The van der Waals surface area contributed by atoms with E-state index in [4.69, 9.17) is 14.2 Å². The third-order valence-corrected chi connectivity index (χ3v) is 9.39. The molecule has 2 atom stereocenters. The van der Waals surface area contributed by atoms with Crippen molar-refractivity contribution in [1.29, 1.82) is 0 Å². The lowest BCUT2D eigenvalue weighted by Crippen LogP contribution is -2.54. The Bertz CT molecular complexity index is 1540. The van der Waals surface area contributed by atoms with Crippen molar-refractivity contribution in [1.82, 2.24) is 20.1 Å². The van der Waals surface area contributed by atoms with E-state index in [0.29, 0.717) is 32.7 Å². The number of ether oxygens (including phenoxy) is 3. The zero-order valence-electron chi connectivity index (χ0n) is 29.4. The number of carbonyl (C=O) groups excluding carboxylic acids is 3. The van der Waals surface area contributed by atoms with E-state index in [9.17, 15) is 14.4 Å². The molecule has 2 unspecified atom stereocenters. The molecular formula is C39H50N4O6. The standard InChI is InChI=1S/C39H50N4O6/c1-6-42(26-30-15-11-13-21-40-30)36(45)29-23-28(24-43(25-29)37(46)49-38(2,3)4)35(44)41-27-39(20-12-14-22-47-5)31-16-7-9-18-33(31)48-34-19-10-8-17-32(34)39/h7-11,13,15-19,21,28-29H,6,12,14,20,22-27H2,1-5H3,(H,41,44). The summed E-state index contributed by atoms with van der Waals surface area (Å²) < 4.78 is 17.4. The number of nitrogens with zero attached hydrogens (tertiary/aromatic N) is 3. The van der Waals surface area contributed by atoms with E-state index in [0.717, 1.165) is 47.6 Å². The van der Waals surface area contributed by atoms with Gasteiger partial charge in [0.05, 0.1) is 24.1 Å². The molecule has 3 aromatic rings. The van der Waals surface area contributed by atoms with Crippen LogP contribution < -0.4 is 10.1 Å². The number of methoxy groups -OCH3 is 1. The first kappa shape index (κ1) is 35.9. The molecule has 2 aliphatic heterocycles. The van der Waals surface area contributed by atoms with Crippen LogP contribution in [0.4, 0.5) is 4.79 Å². The maximum absolute atomic E-state index is 14.3. The van der Waals surface area contributed by atoms with Crippen molar-refractivity contribution in [2.24, 2.45) is 11.8 Å². The Morgan fingerprint density at radius 1 is 0.959 bits per heavy atom. The number of unbranched alkanes of at least 4 members (excludes halogenated alkanes) is 1. The SMILES string of the molecule is CCN(Cc1ccccn1)C(=O)C1CC(C(=O)NCC2(CCCCOC)c3ccccc3Oc3ccccc32)CN(C(=O)OC(C)(C)C)C1. The summed E-state index contributed by atoms with van der Waals surface area (Å²) in [4.78, 5) is 49.3. The summed E-state index contributed by atoms with van der Waals surface area (Å²) in [7, 11) is 1.70. The number of fused-ring (bicyclic) bond motifs is 2. The molecule has 0 aliphatic carbocycles. The highest BCUT2D eigenvalue weighted by Crippen LogP contribution is 2.50. The van der Waals surface area contributed by atoms with E-state index >= 15 is 0 Å². The summed E-state index contributed by atoms with van der Waals surface area (Å²) in [5.74, 6) is 0.0499. The third kappa shape index (κ3) is 8.60. The maximum Gasteiger partial charge on any atom is 0.410 e. The van der Waals surface area contributed by atoms with Crippen LogP contribution in [-0.2, 0) is 31.0 Å². The van der Waals surface area contributed by atoms with Crippen LogP contribution in [0.1, 0.15) is 70.2 Å². The number of para-hydroxylation sites is 2. The molecule has 2 aromatic carbocycles. The van der Waals surface area contributed by atoms with Gasteiger partial charge in [-0.25, -0.2) is 4.79 Å². The molecule has 0 saturated carbocycles. The first-order valence-corrected chi connectivity index (χ1v) is 17.3. The zero-order valence-corrected chi connectivity index (χ0v) is 29.4. The van der Waals surface area contributed by atoms with Crippen molar-refractivity contribution in [2.75, 3.05) is 39.9 Å². The van der Waals surface area contributed by atoms with Crippen LogP contribution >= 0.6 is 0 Å². The van der Waals surface area contributed by atoms with E-state index in [1.54, 1.807) is 18.2 Å². The van der Waals surface area contributed by atoms with Gasteiger partial charge in [0.15, 0.2) is 0 Å². The molecule has 0 bridgehead atoms. The predicted molar refractivity (Wildman–Crippen MR) is 187 cm³/mol. The lowest BCUT2D eigenvalue weighted by atomic mass is 9.69. The molecule has 1 fully saturated rings. The zero-order chi connectivity index (χ0) is 35.0. The monoisotopic (exact) mass is 670 g/mol. The topological polar surface area (TPSA) is 110 Å². The number of rotatable bonds is 12. The average molecular weight is 671 g/mol. The molecule has 10 heteroatoms. The molecule has 1 saturated heterocycles. The van der Waals surface area contributed by atoms with Gasteiger partial charge in [-0.3, -0.25) is 14.6 Å². The Morgan fingerprint density at radius 3 is 2.22 bits per heavy atom. The Hall–Kier alpha value is -4.44. The molecule has 5 rings (SSSR count). The Morgan fingerprint density at radius 2 is 1.61 bits per heavy atom. The molecule has 0 spiro atoms. The summed E-state index contributed by atoms with van der Waals surface area (Å²) in [5.41, 5.74) is 1.54.